The maximum Gasteiger partial charge on any atom is 0.243 e. The summed E-state index contributed by atoms with van der Waals surface area (Å²) in [6, 6.07) is 11.0. The zero-order valence-electron chi connectivity index (χ0n) is 15.8. The minimum atomic E-state index is -3.51. The van der Waals surface area contributed by atoms with E-state index in [0.717, 1.165) is 42.9 Å². The first-order valence-electron chi connectivity index (χ1n) is 9.86. The van der Waals surface area contributed by atoms with E-state index in [0.29, 0.717) is 11.4 Å². The van der Waals surface area contributed by atoms with Crippen LogP contribution in [0.3, 0.4) is 0 Å². The molecule has 1 aromatic carbocycles. The van der Waals surface area contributed by atoms with Gasteiger partial charge in [-0.1, -0.05) is 23.8 Å². The smallest absolute Gasteiger partial charge is 0.243 e. The molecule has 0 radical (unpaired) electrons. The molecule has 27 heavy (non-hydrogen) atoms. The van der Waals surface area contributed by atoms with E-state index < -0.39 is 10.0 Å². The summed E-state index contributed by atoms with van der Waals surface area (Å²) in [4.78, 5) is 7.36. The summed E-state index contributed by atoms with van der Waals surface area (Å²) in [6.07, 6.45) is 7.15. The van der Waals surface area contributed by atoms with Gasteiger partial charge in [-0.2, -0.15) is 4.31 Å². The van der Waals surface area contributed by atoms with Gasteiger partial charge in [-0.15, -0.1) is 0 Å². The Bertz CT molecular complexity index is 890. The van der Waals surface area contributed by atoms with Crippen molar-refractivity contribution in [2.24, 2.45) is 0 Å². The molecule has 0 N–H and O–H groups in total. The Labute approximate surface area is 162 Å². The number of anilines is 1. The van der Waals surface area contributed by atoms with Crippen LogP contribution in [0.5, 0.6) is 0 Å². The van der Waals surface area contributed by atoms with Gasteiger partial charge in [0.25, 0.3) is 0 Å². The first-order chi connectivity index (χ1) is 13.1. The zero-order valence-corrected chi connectivity index (χ0v) is 16.7. The van der Waals surface area contributed by atoms with Crippen LogP contribution >= 0.6 is 0 Å². The van der Waals surface area contributed by atoms with Crippen LogP contribution in [0.1, 0.15) is 49.3 Å². The molecule has 2 aromatic rings. The highest BCUT2D eigenvalue weighted by atomic mass is 32.2. The number of aryl methyl sites for hydroxylation is 1. The molecule has 0 unspecified atom stereocenters. The van der Waals surface area contributed by atoms with Crippen molar-refractivity contribution in [1.29, 1.82) is 0 Å². The lowest BCUT2D eigenvalue weighted by atomic mass is 10.0. The molecule has 2 fully saturated rings. The van der Waals surface area contributed by atoms with E-state index in [2.05, 4.69) is 16.0 Å². The molecule has 2 saturated heterocycles. The second-order valence-corrected chi connectivity index (χ2v) is 9.44. The molecule has 0 spiro atoms. The molecule has 1 aromatic heterocycles. The Morgan fingerprint density at radius 2 is 1.70 bits per heavy atom. The zero-order chi connectivity index (χ0) is 18.9. The Hall–Kier alpha value is -1.92. The number of piperidine rings is 1. The van der Waals surface area contributed by atoms with E-state index in [9.17, 15) is 8.42 Å². The lowest BCUT2D eigenvalue weighted by Gasteiger charge is -2.32. The predicted octanol–water partition coefficient (Wildman–Crippen LogP) is 3.91. The largest absolute Gasteiger partial charge is 0.356 e. The Balaban J connectivity index is 1.69. The molecule has 5 nitrogen and oxygen atoms in total. The van der Waals surface area contributed by atoms with E-state index in [4.69, 9.17) is 0 Å². The molecule has 0 bridgehead atoms. The summed E-state index contributed by atoms with van der Waals surface area (Å²) >= 11 is 0. The molecule has 0 amide bonds. The third kappa shape index (κ3) is 3.60. The molecule has 0 saturated carbocycles. The summed E-state index contributed by atoms with van der Waals surface area (Å²) in [5, 5.41) is 0. The summed E-state index contributed by atoms with van der Waals surface area (Å²) in [7, 11) is -3.51. The van der Waals surface area contributed by atoms with Crippen LogP contribution < -0.4 is 4.90 Å². The van der Waals surface area contributed by atoms with Crippen LogP contribution in [0.25, 0.3) is 0 Å². The van der Waals surface area contributed by atoms with E-state index >= 15 is 0 Å². The quantitative estimate of drug-likeness (QED) is 0.801. The van der Waals surface area contributed by atoms with Crippen molar-refractivity contribution in [2.75, 3.05) is 24.5 Å². The molecule has 1 atom stereocenters. The van der Waals surface area contributed by atoms with Gasteiger partial charge in [0.15, 0.2) is 0 Å². The van der Waals surface area contributed by atoms with Crippen molar-refractivity contribution >= 4 is 15.8 Å². The first-order valence-corrected chi connectivity index (χ1v) is 11.3. The monoisotopic (exact) mass is 385 g/mol. The molecule has 4 rings (SSSR count). The van der Waals surface area contributed by atoms with Crippen molar-refractivity contribution in [3.8, 4) is 0 Å². The molecule has 0 aliphatic carbocycles. The fraction of sp³-hybridized carbons (Fsp3) is 0.476. The molecule has 6 heteroatoms. The van der Waals surface area contributed by atoms with Crippen LogP contribution in [0.2, 0.25) is 0 Å². The number of hydrogen-bond acceptors (Lipinski definition) is 4. The number of rotatable bonds is 4. The number of hydrogen-bond donors (Lipinski definition) is 0. The number of nitrogens with zero attached hydrogens (tertiary/aromatic N) is 3. The second-order valence-electron chi connectivity index (χ2n) is 7.55. The highest BCUT2D eigenvalue weighted by molar-refractivity contribution is 7.89. The summed E-state index contributed by atoms with van der Waals surface area (Å²) in [5.41, 5.74) is 2.11. The number of sulfonamides is 1. The van der Waals surface area contributed by atoms with Gasteiger partial charge < -0.3 is 4.90 Å². The Morgan fingerprint density at radius 1 is 0.963 bits per heavy atom. The number of pyridine rings is 1. The van der Waals surface area contributed by atoms with Crippen molar-refractivity contribution in [3.63, 3.8) is 0 Å². The average Bonchev–Trinajstić information content (AvgIpc) is 3.20. The fourth-order valence-corrected chi connectivity index (χ4v) is 5.90. The third-order valence-electron chi connectivity index (χ3n) is 5.66. The Kier molecular flexibility index (Phi) is 5.19. The van der Waals surface area contributed by atoms with Crippen LogP contribution in [-0.4, -0.2) is 37.3 Å². The lowest BCUT2D eigenvalue weighted by Crippen LogP contribution is -2.34. The lowest BCUT2D eigenvalue weighted by molar-refractivity contribution is 0.395. The van der Waals surface area contributed by atoms with Crippen molar-refractivity contribution in [3.05, 3.63) is 53.7 Å². The molecule has 2 aliphatic heterocycles. The normalized spacial score (nSPS) is 21.5. The van der Waals surface area contributed by atoms with E-state index in [-0.39, 0.29) is 6.04 Å². The van der Waals surface area contributed by atoms with Gasteiger partial charge in [0.2, 0.25) is 10.0 Å². The minimum absolute atomic E-state index is 0.137. The molecular formula is C21H27N3O2S. The van der Waals surface area contributed by atoms with Crippen LogP contribution in [0.15, 0.2) is 47.5 Å². The fourth-order valence-electron chi connectivity index (χ4n) is 4.22. The van der Waals surface area contributed by atoms with Gasteiger partial charge in [0.1, 0.15) is 5.82 Å². The van der Waals surface area contributed by atoms with Gasteiger partial charge in [-0.25, -0.2) is 13.4 Å². The van der Waals surface area contributed by atoms with Gasteiger partial charge in [0.05, 0.1) is 10.9 Å². The Morgan fingerprint density at radius 3 is 2.44 bits per heavy atom. The maximum absolute atomic E-state index is 13.3. The second kappa shape index (κ2) is 7.60. The molecule has 144 valence electrons. The van der Waals surface area contributed by atoms with Crippen LogP contribution in [-0.2, 0) is 10.0 Å². The number of benzene rings is 1. The topological polar surface area (TPSA) is 53.5 Å². The summed E-state index contributed by atoms with van der Waals surface area (Å²) < 4.78 is 28.3. The minimum Gasteiger partial charge on any atom is -0.356 e. The maximum atomic E-state index is 13.3. The summed E-state index contributed by atoms with van der Waals surface area (Å²) in [6.45, 7) is 4.54. The summed E-state index contributed by atoms with van der Waals surface area (Å²) in [5.74, 6) is 0.966. The van der Waals surface area contributed by atoms with Crippen LogP contribution in [0.4, 0.5) is 5.82 Å². The van der Waals surface area contributed by atoms with Crippen molar-refractivity contribution in [2.45, 2.75) is 50.0 Å². The van der Waals surface area contributed by atoms with Gasteiger partial charge in [-0.05, 0) is 57.2 Å². The average molecular weight is 386 g/mol. The standard InChI is InChI=1S/C21H27N3O2S/c1-17-9-11-18(12-10-17)27(25,26)24-16-6-8-20(24)19-7-5-13-22-21(19)23-14-3-2-4-15-23/h5,7,9-13,20H,2-4,6,8,14-16H2,1H3/t20-/m1/s1. The molecule has 2 aliphatic rings. The molecule has 3 heterocycles. The van der Waals surface area contributed by atoms with Crippen LogP contribution in [0, 0.1) is 6.92 Å². The highest BCUT2D eigenvalue weighted by Gasteiger charge is 2.38. The molecular weight excluding hydrogens is 358 g/mol. The van der Waals surface area contributed by atoms with E-state index in [1.165, 1.54) is 19.3 Å². The van der Waals surface area contributed by atoms with E-state index in [1.807, 2.05) is 31.3 Å². The van der Waals surface area contributed by atoms with Crippen molar-refractivity contribution < 1.29 is 8.42 Å². The number of aromatic nitrogens is 1. The third-order valence-corrected chi connectivity index (χ3v) is 7.59. The first kappa shape index (κ1) is 18.4. The van der Waals surface area contributed by atoms with Gasteiger partial charge in [0, 0.05) is 31.4 Å². The SMILES string of the molecule is Cc1ccc(S(=O)(=O)N2CCC[C@@H]2c2cccnc2N2CCCCC2)cc1. The van der Waals surface area contributed by atoms with Crippen molar-refractivity contribution in [1.82, 2.24) is 9.29 Å². The predicted molar refractivity (Wildman–Crippen MR) is 107 cm³/mol. The van der Waals surface area contributed by atoms with Gasteiger partial charge >= 0.3 is 0 Å². The highest BCUT2D eigenvalue weighted by Crippen LogP contribution is 2.40. The van der Waals surface area contributed by atoms with E-state index in [1.54, 1.807) is 16.4 Å². The van der Waals surface area contributed by atoms with Gasteiger partial charge in [-0.3, -0.25) is 0 Å².